The molecule has 0 fully saturated rings. The minimum Gasteiger partial charge on any atom is -0.508 e. The number of rotatable bonds is 3. The molecule has 0 saturated heterocycles. The molecule has 5 N–H and O–H groups in total. The highest BCUT2D eigenvalue weighted by Gasteiger charge is 2.51. The van der Waals surface area contributed by atoms with Crippen LogP contribution in [-0.2, 0) is 0 Å². The van der Waals surface area contributed by atoms with E-state index in [4.69, 9.17) is 13.6 Å². The van der Waals surface area contributed by atoms with E-state index in [1.54, 1.807) is 24.3 Å². The van der Waals surface area contributed by atoms with E-state index < -0.39 is 40.0 Å². The highest BCUT2D eigenvalue weighted by molar-refractivity contribution is 5.92. The highest BCUT2D eigenvalue weighted by Crippen LogP contribution is 2.62. The van der Waals surface area contributed by atoms with Gasteiger partial charge >= 0.3 is 0 Å². The van der Waals surface area contributed by atoms with Gasteiger partial charge in [0.15, 0.2) is 0 Å². The van der Waals surface area contributed by atoms with Crippen molar-refractivity contribution in [3.8, 4) is 56.8 Å². The summed E-state index contributed by atoms with van der Waals surface area (Å²) in [5.74, 6) is -1.94. The number of hydrogen-bond acceptors (Lipinski definition) is 10. The molecule has 2 aromatic heterocycles. The van der Waals surface area contributed by atoms with Crippen molar-refractivity contribution >= 4 is 21.9 Å². The van der Waals surface area contributed by atoms with Crippen molar-refractivity contribution in [3.05, 3.63) is 116 Å². The van der Waals surface area contributed by atoms with Crippen LogP contribution in [-0.4, -0.2) is 25.5 Å². The van der Waals surface area contributed by atoms with Gasteiger partial charge in [0.05, 0.1) is 16.7 Å². The monoisotopic (exact) mass is 672 g/mol. The van der Waals surface area contributed by atoms with E-state index in [0.717, 1.165) is 5.57 Å². The summed E-state index contributed by atoms with van der Waals surface area (Å²) in [5.41, 5.74) is 1.19. The van der Waals surface area contributed by atoms with Crippen LogP contribution in [0.4, 0.5) is 0 Å². The molecule has 252 valence electrons. The van der Waals surface area contributed by atoms with E-state index in [9.17, 15) is 35.1 Å². The Morgan fingerprint density at radius 1 is 0.700 bits per heavy atom. The summed E-state index contributed by atoms with van der Waals surface area (Å²) < 4.78 is 18.3. The van der Waals surface area contributed by atoms with Gasteiger partial charge in [-0.15, -0.1) is 0 Å². The van der Waals surface area contributed by atoms with Crippen LogP contribution in [0.1, 0.15) is 50.3 Å². The predicted molar refractivity (Wildman–Crippen MR) is 186 cm³/mol. The summed E-state index contributed by atoms with van der Waals surface area (Å²) >= 11 is 0. The first kappa shape index (κ1) is 31.1. The third-order valence-electron chi connectivity index (χ3n) is 10.1. The first-order valence-electron chi connectivity index (χ1n) is 16.1. The Bertz CT molecular complexity index is 2520. The summed E-state index contributed by atoms with van der Waals surface area (Å²) in [4.78, 5) is 27.8. The van der Waals surface area contributed by atoms with E-state index in [1.165, 1.54) is 48.9 Å². The second-order valence-corrected chi connectivity index (χ2v) is 13.9. The number of aromatic hydroxyl groups is 5. The van der Waals surface area contributed by atoms with Crippen molar-refractivity contribution in [1.29, 1.82) is 0 Å². The molecule has 0 radical (unpaired) electrons. The number of allylic oxidation sites excluding steroid dienone is 2. The number of hydrogen-bond donors (Lipinski definition) is 5. The lowest BCUT2D eigenvalue weighted by Gasteiger charge is -2.50. The maximum absolute atomic E-state index is 13.9. The van der Waals surface area contributed by atoms with Crippen LogP contribution in [0, 0.1) is 11.3 Å². The van der Waals surface area contributed by atoms with Gasteiger partial charge in [0.2, 0.25) is 10.9 Å². The number of ether oxygens (including phenoxy) is 1. The molecule has 2 aliphatic rings. The zero-order valence-corrected chi connectivity index (χ0v) is 27.2. The number of benzene rings is 4. The molecule has 50 heavy (non-hydrogen) atoms. The van der Waals surface area contributed by atoms with Crippen LogP contribution in [0.2, 0.25) is 0 Å². The first-order valence-corrected chi connectivity index (χ1v) is 16.1. The fourth-order valence-corrected chi connectivity index (χ4v) is 8.01. The van der Waals surface area contributed by atoms with Gasteiger partial charge in [0, 0.05) is 29.5 Å². The smallest absolute Gasteiger partial charge is 0.204 e. The SMILES string of the molecule is CC1=C[C@@H]2c3c(cc4occ(-c5ccc(O)cc5)c(=O)c4c3O)O[C@@H](c3c(O)cc4occ(-c5ccc(O)cc5)c(=O)c4c3O)[C@@H]2C(C)(C)C1. The lowest BCUT2D eigenvalue weighted by Crippen LogP contribution is -2.41. The largest absolute Gasteiger partial charge is 0.508 e. The van der Waals surface area contributed by atoms with Gasteiger partial charge < -0.3 is 39.1 Å². The van der Waals surface area contributed by atoms with Crippen LogP contribution in [0.15, 0.2) is 103 Å². The molecule has 0 amide bonds. The van der Waals surface area contributed by atoms with E-state index in [-0.39, 0.29) is 67.4 Å². The molecule has 3 heterocycles. The van der Waals surface area contributed by atoms with Gasteiger partial charge in [-0.2, -0.15) is 0 Å². The molecule has 10 nitrogen and oxygen atoms in total. The van der Waals surface area contributed by atoms with Crippen molar-refractivity contribution in [3.63, 3.8) is 0 Å². The number of fused-ring (bicyclic) bond motifs is 5. The Balaban J connectivity index is 1.35. The molecule has 0 unspecified atom stereocenters. The summed E-state index contributed by atoms with van der Waals surface area (Å²) in [7, 11) is 0. The number of phenols is 5. The molecule has 0 bridgehead atoms. The van der Waals surface area contributed by atoms with Crippen LogP contribution in [0.25, 0.3) is 44.2 Å². The molecule has 1 aliphatic heterocycles. The van der Waals surface area contributed by atoms with E-state index in [1.807, 2.05) is 26.8 Å². The van der Waals surface area contributed by atoms with E-state index in [2.05, 4.69) is 0 Å². The zero-order valence-electron chi connectivity index (χ0n) is 27.2. The molecule has 1 aliphatic carbocycles. The molecular weight excluding hydrogens is 640 g/mol. The third-order valence-corrected chi connectivity index (χ3v) is 10.1. The standard InChI is InChI=1S/C40H32O10/c1-18-12-23-30-29(14-28-33(37(30)46)36(45)25(17-49-28)20-6-10-22(42)11-7-20)50-39(34(23)40(2,3)15-18)31-26(43)13-27-32(38(31)47)35(44)24(16-48-27)19-4-8-21(41)9-5-19/h4-14,16-17,23,34,39,41-43,46-47H,15H2,1-3H3/t23-,34-,39+/m1/s1. The Morgan fingerprint density at radius 3 is 1.74 bits per heavy atom. The van der Waals surface area contributed by atoms with Gasteiger partial charge in [-0.1, -0.05) is 49.8 Å². The average Bonchev–Trinajstić information content (AvgIpc) is 3.05. The molecule has 0 saturated carbocycles. The van der Waals surface area contributed by atoms with E-state index >= 15 is 0 Å². The van der Waals surface area contributed by atoms with Crippen LogP contribution >= 0.6 is 0 Å². The predicted octanol–water partition coefficient (Wildman–Crippen LogP) is 7.97. The maximum atomic E-state index is 13.9. The van der Waals surface area contributed by atoms with Crippen molar-refractivity contribution in [2.45, 2.75) is 39.2 Å². The second kappa shape index (κ2) is 10.9. The van der Waals surface area contributed by atoms with Gasteiger partial charge in [0.1, 0.15) is 75.1 Å². The summed E-state index contributed by atoms with van der Waals surface area (Å²) in [6.45, 7) is 6.05. The minimum atomic E-state index is -1.02. The lowest BCUT2D eigenvalue weighted by molar-refractivity contribution is 0.0142. The van der Waals surface area contributed by atoms with Crippen LogP contribution in [0.3, 0.4) is 0 Å². The first-order chi connectivity index (χ1) is 23.8. The molecule has 10 heteroatoms. The Labute approximate surface area is 284 Å². The summed E-state index contributed by atoms with van der Waals surface area (Å²) in [6, 6.07) is 14.9. The molecule has 6 aromatic rings. The zero-order chi connectivity index (χ0) is 35.2. The summed E-state index contributed by atoms with van der Waals surface area (Å²) in [5, 5.41) is 54.6. The quantitative estimate of drug-likeness (QED) is 0.116. The van der Waals surface area contributed by atoms with Crippen molar-refractivity contribution < 1.29 is 39.1 Å². The molecule has 8 rings (SSSR count). The van der Waals surface area contributed by atoms with Crippen LogP contribution in [0.5, 0.6) is 34.5 Å². The highest BCUT2D eigenvalue weighted by atomic mass is 16.5. The number of phenolic OH excluding ortho intramolecular Hbond substituents is 5. The Kier molecular flexibility index (Phi) is 6.80. The topological polar surface area (TPSA) is 171 Å². The third kappa shape index (κ3) is 4.62. The molecular formula is C40H32O10. The lowest BCUT2D eigenvalue weighted by atomic mass is 9.59. The molecule has 3 atom stereocenters. The van der Waals surface area contributed by atoms with Gasteiger partial charge in [-0.3, -0.25) is 9.59 Å². The maximum Gasteiger partial charge on any atom is 0.204 e. The molecule has 4 aromatic carbocycles. The normalized spacial score (nSPS) is 19.4. The Hall–Kier alpha value is -6.16. The van der Waals surface area contributed by atoms with Crippen molar-refractivity contribution in [1.82, 2.24) is 0 Å². The van der Waals surface area contributed by atoms with Gasteiger partial charge in [-0.05, 0) is 54.2 Å². The van der Waals surface area contributed by atoms with Gasteiger partial charge in [0.25, 0.3) is 0 Å². The Morgan fingerprint density at radius 2 is 1.20 bits per heavy atom. The van der Waals surface area contributed by atoms with Crippen molar-refractivity contribution in [2.75, 3.05) is 0 Å². The minimum absolute atomic E-state index is 0.0157. The van der Waals surface area contributed by atoms with Crippen molar-refractivity contribution in [2.24, 2.45) is 11.3 Å². The fraction of sp³-hybridized carbons (Fsp3) is 0.200. The average molecular weight is 673 g/mol. The molecule has 0 spiro atoms. The van der Waals surface area contributed by atoms with Crippen LogP contribution < -0.4 is 15.6 Å². The second-order valence-electron chi connectivity index (χ2n) is 13.9. The van der Waals surface area contributed by atoms with Gasteiger partial charge in [-0.25, -0.2) is 0 Å². The summed E-state index contributed by atoms with van der Waals surface area (Å²) in [6.07, 6.45) is 4.14. The fourth-order valence-electron chi connectivity index (χ4n) is 8.01. The van der Waals surface area contributed by atoms with E-state index in [0.29, 0.717) is 23.1 Å².